The van der Waals surface area contributed by atoms with Crippen LogP contribution >= 0.6 is 0 Å². The minimum absolute atomic E-state index is 0.0763. The first-order valence-corrected chi connectivity index (χ1v) is 5.02. The lowest BCUT2D eigenvalue weighted by molar-refractivity contribution is 0.248. The summed E-state index contributed by atoms with van der Waals surface area (Å²) in [5.74, 6) is 0.150. The molecule has 0 bridgehead atoms. The average Bonchev–Trinajstić information content (AvgIpc) is 2.52. The van der Waals surface area contributed by atoms with Crippen molar-refractivity contribution in [2.75, 3.05) is 11.4 Å². The van der Waals surface area contributed by atoms with Crippen molar-refractivity contribution in [1.82, 2.24) is 15.3 Å². The van der Waals surface area contributed by atoms with Crippen LogP contribution in [-0.2, 0) is 0 Å². The summed E-state index contributed by atoms with van der Waals surface area (Å²) in [4.78, 5) is 30.7. The van der Waals surface area contributed by atoms with E-state index in [2.05, 4.69) is 15.3 Å². The summed E-state index contributed by atoms with van der Waals surface area (Å²) >= 11 is 0. The highest BCUT2D eigenvalue weighted by Crippen LogP contribution is 2.18. The van der Waals surface area contributed by atoms with Gasteiger partial charge in [-0.3, -0.25) is 14.7 Å². The molecule has 7 heteroatoms. The van der Waals surface area contributed by atoms with Crippen molar-refractivity contribution in [2.24, 2.45) is 0 Å². The number of urea groups is 1. The highest BCUT2D eigenvalue weighted by molar-refractivity contribution is 5.93. The number of hydrogen-bond donors (Lipinski definition) is 2. The molecule has 1 aromatic rings. The number of hydrogen-bond acceptors (Lipinski definition) is 4. The molecule has 1 aliphatic heterocycles. The Morgan fingerprint density at radius 2 is 2.24 bits per heavy atom. The van der Waals surface area contributed by atoms with E-state index >= 15 is 0 Å². The van der Waals surface area contributed by atoms with E-state index in [-0.39, 0.29) is 23.1 Å². The molecule has 7 nitrogen and oxygen atoms in total. The monoisotopic (exact) mass is 233 g/mol. The van der Waals surface area contributed by atoms with Crippen LogP contribution in [0.1, 0.15) is 19.4 Å². The molecule has 2 N–H and O–H groups in total. The van der Waals surface area contributed by atoms with Gasteiger partial charge >= 0.3 is 6.03 Å². The lowest BCUT2D eigenvalue weighted by Gasteiger charge is -2.16. The molecule has 0 saturated carbocycles. The number of rotatable bonds is 1. The van der Waals surface area contributed by atoms with Gasteiger partial charge in [0.2, 0.25) is 5.95 Å². The van der Waals surface area contributed by atoms with Crippen LogP contribution in [0.2, 0.25) is 0 Å². The van der Waals surface area contributed by atoms with E-state index in [1.807, 2.05) is 13.8 Å². The summed E-state index contributed by atoms with van der Waals surface area (Å²) < 4.78 is 0. The minimum Gasteiger partial charge on any atom is -0.331 e. The molecule has 0 aromatic carbocycles. The molecule has 1 aliphatic rings. The average molecular weight is 233 g/mol. The molecule has 0 radical (unpaired) electrons. The number of nitrogens with one attached hydrogen (secondary N) is 2. The first kappa shape index (κ1) is 11.1. The van der Waals surface area contributed by atoms with Gasteiger partial charge in [0.15, 0.2) is 0 Å². The summed E-state index contributed by atoms with van der Waals surface area (Å²) in [6.45, 7) is 4.14. The lowest BCUT2D eigenvalue weighted by Crippen LogP contribution is -2.36. The topological polar surface area (TPSA) is 102 Å². The molecule has 1 fully saturated rings. The second-order valence-electron chi connectivity index (χ2n) is 4.46. The van der Waals surface area contributed by atoms with Gasteiger partial charge in [-0.25, -0.2) is 9.78 Å². The maximum absolute atomic E-state index is 11.6. The molecule has 1 saturated heterocycles. The molecular formula is C10H11N5O2. The number of aromatic nitrogens is 2. The predicted molar refractivity (Wildman–Crippen MR) is 59.5 cm³/mol. The Labute approximate surface area is 97.1 Å². The fraction of sp³-hybridized carbons (Fsp3) is 0.400. The van der Waals surface area contributed by atoms with Crippen molar-refractivity contribution < 1.29 is 4.79 Å². The van der Waals surface area contributed by atoms with E-state index in [1.54, 1.807) is 6.07 Å². The van der Waals surface area contributed by atoms with Crippen LogP contribution < -0.4 is 15.8 Å². The first-order valence-electron chi connectivity index (χ1n) is 5.02. The predicted octanol–water partition coefficient (Wildman–Crippen LogP) is -0.0502. The maximum atomic E-state index is 11.6. The number of H-pyrrole nitrogens is 1. The second-order valence-corrected chi connectivity index (χ2v) is 4.46. The number of carbonyl (C=O) groups excluding carboxylic acids is 1. The van der Waals surface area contributed by atoms with Crippen LogP contribution in [0.3, 0.4) is 0 Å². The van der Waals surface area contributed by atoms with Crippen LogP contribution in [0.15, 0.2) is 11.0 Å². The van der Waals surface area contributed by atoms with E-state index in [0.29, 0.717) is 6.54 Å². The molecule has 2 amide bonds. The summed E-state index contributed by atoms with van der Waals surface area (Å²) in [5, 5.41) is 11.4. The Balaban J connectivity index is 2.37. The highest BCUT2D eigenvalue weighted by Gasteiger charge is 2.36. The van der Waals surface area contributed by atoms with Gasteiger partial charge in [-0.05, 0) is 13.8 Å². The lowest BCUT2D eigenvalue weighted by atomic mass is 10.1. The SMILES string of the molecule is CC1(C)CN(c2ncc(C#N)c(=O)[nH]2)C(=O)N1. The molecule has 0 aliphatic carbocycles. The maximum Gasteiger partial charge on any atom is 0.324 e. The Morgan fingerprint density at radius 3 is 2.71 bits per heavy atom. The normalized spacial score (nSPS) is 17.7. The fourth-order valence-corrected chi connectivity index (χ4v) is 1.64. The zero-order valence-electron chi connectivity index (χ0n) is 9.44. The number of aromatic amines is 1. The van der Waals surface area contributed by atoms with Gasteiger partial charge in [-0.1, -0.05) is 0 Å². The first-order chi connectivity index (χ1) is 7.93. The van der Waals surface area contributed by atoms with Crippen LogP contribution in [0.4, 0.5) is 10.7 Å². The third-order valence-corrected chi connectivity index (χ3v) is 2.41. The van der Waals surface area contributed by atoms with Crippen LogP contribution in [-0.4, -0.2) is 28.1 Å². The molecule has 0 atom stereocenters. The summed E-state index contributed by atoms with van der Waals surface area (Å²) in [5.41, 5.74) is -0.994. The van der Waals surface area contributed by atoms with Crippen molar-refractivity contribution in [3.05, 3.63) is 22.1 Å². The van der Waals surface area contributed by atoms with Gasteiger partial charge in [0.1, 0.15) is 11.6 Å². The van der Waals surface area contributed by atoms with E-state index in [4.69, 9.17) is 5.26 Å². The van der Waals surface area contributed by atoms with Crippen molar-refractivity contribution in [3.8, 4) is 6.07 Å². The van der Waals surface area contributed by atoms with Crippen molar-refractivity contribution >= 4 is 12.0 Å². The number of nitrogens with zero attached hydrogens (tertiary/aromatic N) is 3. The van der Waals surface area contributed by atoms with E-state index in [1.165, 1.54) is 4.90 Å². The highest BCUT2D eigenvalue weighted by atomic mass is 16.2. The number of carbonyl (C=O) groups is 1. The third kappa shape index (κ3) is 1.97. The number of nitriles is 1. The molecule has 17 heavy (non-hydrogen) atoms. The molecule has 2 heterocycles. The molecule has 2 rings (SSSR count). The summed E-state index contributed by atoms with van der Waals surface area (Å²) in [6, 6.07) is 1.40. The number of amides is 2. The van der Waals surface area contributed by atoms with Crippen LogP contribution in [0.5, 0.6) is 0 Å². The fourth-order valence-electron chi connectivity index (χ4n) is 1.64. The summed E-state index contributed by atoms with van der Waals surface area (Å²) in [7, 11) is 0. The van der Waals surface area contributed by atoms with Crippen molar-refractivity contribution in [2.45, 2.75) is 19.4 Å². The van der Waals surface area contributed by atoms with Crippen LogP contribution in [0, 0.1) is 11.3 Å². The van der Waals surface area contributed by atoms with Crippen molar-refractivity contribution in [1.29, 1.82) is 5.26 Å². The molecule has 0 spiro atoms. The third-order valence-electron chi connectivity index (χ3n) is 2.41. The van der Waals surface area contributed by atoms with Gasteiger partial charge in [-0.2, -0.15) is 5.26 Å². The van der Waals surface area contributed by atoms with E-state index in [0.717, 1.165) is 6.20 Å². The van der Waals surface area contributed by atoms with Gasteiger partial charge in [0, 0.05) is 0 Å². The Morgan fingerprint density at radius 1 is 1.53 bits per heavy atom. The smallest absolute Gasteiger partial charge is 0.324 e. The minimum atomic E-state index is -0.546. The second kappa shape index (κ2) is 3.59. The molecule has 1 aromatic heterocycles. The largest absolute Gasteiger partial charge is 0.331 e. The Kier molecular flexibility index (Phi) is 2.35. The van der Waals surface area contributed by atoms with Crippen LogP contribution in [0.25, 0.3) is 0 Å². The van der Waals surface area contributed by atoms with Gasteiger partial charge in [0.25, 0.3) is 5.56 Å². The quantitative estimate of drug-likeness (QED) is 0.709. The molecule has 88 valence electrons. The standard InChI is InChI=1S/C10H11N5O2/c1-10(2)5-15(9(17)14-10)8-12-4-6(3-11)7(16)13-8/h4H,5H2,1-2H3,(H,14,17)(H,12,13,16). The van der Waals surface area contributed by atoms with E-state index in [9.17, 15) is 9.59 Å². The van der Waals surface area contributed by atoms with Gasteiger partial charge < -0.3 is 5.32 Å². The molecule has 0 unspecified atom stereocenters. The van der Waals surface area contributed by atoms with Gasteiger partial charge in [0.05, 0.1) is 18.3 Å². The van der Waals surface area contributed by atoms with Crippen molar-refractivity contribution in [3.63, 3.8) is 0 Å². The Hall–Kier alpha value is -2.36. The van der Waals surface area contributed by atoms with Gasteiger partial charge in [-0.15, -0.1) is 0 Å². The molecular weight excluding hydrogens is 222 g/mol. The zero-order valence-corrected chi connectivity index (χ0v) is 9.44. The Bertz CT molecular complexity index is 569. The zero-order chi connectivity index (χ0) is 12.6. The summed E-state index contributed by atoms with van der Waals surface area (Å²) in [6.07, 6.45) is 1.16. The number of anilines is 1. The van der Waals surface area contributed by atoms with E-state index < -0.39 is 5.56 Å².